The quantitative estimate of drug-likeness (QED) is 0.439. The Balaban J connectivity index is 2.19. The van der Waals surface area contributed by atoms with Crippen LogP contribution >= 0.6 is 0 Å². The summed E-state index contributed by atoms with van der Waals surface area (Å²) in [6.45, 7) is 4.85. The second-order valence-electron chi connectivity index (χ2n) is 7.33. The molecule has 3 rings (SSSR count). The van der Waals surface area contributed by atoms with Crippen LogP contribution in [-0.4, -0.2) is 48.0 Å². The Morgan fingerprint density at radius 2 is 2.23 bits per heavy atom. The number of piperidine rings is 1. The molecule has 162 valence electrons. The Kier molecular flexibility index (Phi) is 6.70. The lowest BCUT2D eigenvalue weighted by Gasteiger charge is -2.33. The number of carbonyl (C=O) groups excluding carboxylic acids is 2. The maximum Gasteiger partial charge on any atom is 0.310 e. The minimum Gasteiger partial charge on any atom is -0.466 e. The van der Waals surface area contributed by atoms with E-state index in [-0.39, 0.29) is 23.0 Å². The van der Waals surface area contributed by atoms with Gasteiger partial charge < -0.3 is 15.0 Å². The maximum atomic E-state index is 13.3. The van der Waals surface area contributed by atoms with Crippen molar-refractivity contribution in [1.82, 2.24) is 14.7 Å². The first-order valence-corrected chi connectivity index (χ1v) is 10.2. The summed E-state index contributed by atoms with van der Waals surface area (Å²) in [6, 6.07) is 5.43. The predicted octanol–water partition coefficient (Wildman–Crippen LogP) is 1.44. The third-order valence-electron chi connectivity index (χ3n) is 5.29. The van der Waals surface area contributed by atoms with E-state index in [1.807, 2.05) is 24.0 Å². The maximum absolute atomic E-state index is 13.3. The summed E-state index contributed by atoms with van der Waals surface area (Å²) < 4.78 is 6.58. The lowest BCUT2D eigenvalue weighted by Crippen LogP contribution is -2.41. The number of anilines is 1. The molecule has 1 amide bonds. The minimum absolute atomic E-state index is 0.132. The molecule has 0 bridgehead atoms. The Labute approximate surface area is 179 Å². The van der Waals surface area contributed by atoms with Gasteiger partial charge in [-0.3, -0.25) is 18.8 Å². The van der Waals surface area contributed by atoms with E-state index < -0.39 is 11.5 Å². The number of esters is 1. The van der Waals surface area contributed by atoms with Gasteiger partial charge in [0.05, 0.1) is 18.1 Å². The summed E-state index contributed by atoms with van der Waals surface area (Å²) in [6.07, 6.45) is 4.28. The number of rotatable bonds is 5. The van der Waals surface area contributed by atoms with Crippen LogP contribution in [0.1, 0.15) is 30.9 Å². The number of aromatic nitrogens is 2. The molecule has 1 aliphatic heterocycles. The van der Waals surface area contributed by atoms with Gasteiger partial charge >= 0.3 is 5.97 Å². The van der Waals surface area contributed by atoms with E-state index in [2.05, 4.69) is 5.32 Å². The fraction of sp³-hybridized carbons (Fsp3) is 0.409. The fourth-order valence-electron chi connectivity index (χ4n) is 3.72. The summed E-state index contributed by atoms with van der Waals surface area (Å²) in [5.41, 5.74) is 0.832. The van der Waals surface area contributed by atoms with Gasteiger partial charge in [0.25, 0.3) is 11.5 Å². The summed E-state index contributed by atoms with van der Waals surface area (Å²) in [4.78, 5) is 44.3. The number of pyridine rings is 1. The number of hydrogen-bond acceptors (Lipinski definition) is 7. The molecule has 2 aromatic heterocycles. The lowest BCUT2D eigenvalue weighted by molar-refractivity contribution is -0.148. The Morgan fingerprint density at radius 3 is 2.90 bits per heavy atom. The highest BCUT2D eigenvalue weighted by molar-refractivity contribution is 6.02. The third kappa shape index (κ3) is 4.43. The number of fused-ring (bicyclic) bond motifs is 1. The van der Waals surface area contributed by atoms with Crippen molar-refractivity contribution < 1.29 is 14.3 Å². The number of ether oxygens (including phenoxy) is 1. The van der Waals surface area contributed by atoms with Crippen molar-refractivity contribution in [3.05, 3.63) is 45.4 Å². The molecule has 0 aromatic carbocycles. The molecule has 0 saturated carbocycles. The second kappa shape index (κ2) is 9.43. The molecule has 1 N–H and O–H groups in total. The number of nitrogens with zero attached hydrogens (tertiary/aromatic N) is 4. The SMILES string of the molecule is CCOC(=O)[C@H]1CCCN(c2nc3c(C)cccn3c(=O)c2/C=C(\C#N)C(=O)NC)C1. The molecule has 1 atom stereocenters. The highest BCUT2D eigenvalue weighted by Crippen LogP contribution is 2.26. The highest BCUT2D eigenvalue weighted by Gasteiger charge is 2.30. The first-order chi connectivity index (χ1) is 14.9. The van der Waals surface area contributed by atoms with E-state index in [0.717, 1.165) is 12.0 Å². The van der Waals surface area contributed by atoms with Crippen molar-refractivity contribution in [2.24, 2.45) is 5.92 Å². The van der Waals surface area contributed by atoms with Crippen molar-refractivity contribution in [2.75, 3.05) is 31.6 Å². The Bertz CT molecular complexity index is 1150. The zero-order valence-electron chi connectivity index (χ0n) is 17.8. The van der Waals surface area contributed by atoms with Gasteiger partial charge in [0.1, 0.15) is 23.1 Å². The lowest BCUT2D eigenvalue weighted by atomic mass is 9.97. The van der Waals surface area contributed by atoms with Crippen molar-refractivity contribution in [2.45, 2.75) is 26.7 Å². The monoisotopic (exact) mass is 423 g/mol. The van der Waals surface area contributed by atoms with Gasteiger partial charge in [-0.1, -0.05) is 6.07 Å². The molecule has 0 radical (unpaired) electrons. The molecule has 0 aliphatic carbocycles. The smallest absolute Gasteiger partial charge is 0.310 e. The molecule has 31 heavy (non-hydrogen) atoms. The van der Waals surface area contributed by atoms with E-state index in [0.29, 0.717) is 37.6 Å². The van der Waals surface area contributed by atoms with Crippen LogP contribution in [0.3, 0.4) is 0 Å². The topological polar surface area (TPSA) is 117 Å². The standard InChI is InChI=1S/C22H25N5O4/c1-4-31-22(30)15-8-6-9-26(13-15)19-17(11-16(12-23)20(28)24-3)21(29)27-10-5-7-14(2)18(27)25-19/h5,7,10-11,15H,4,6,8-9,13H2,1-3H3,(H,24,28)/b16-11+/t15-/m0/s1. The molecule has 0 unspecified atom stereocenters. The third-order valence-corrected chi connectivity index (χ3v) is 5.29. The number of hydrogen-bond donors (Lipinski definition) is 1. The summed E-state index contributed by atoms with van der Waals surface area (Å²) in [5, 5.41) is 11.8. The normalized spacial score (nSPS) is 16.6. The average molecular weight is 423 g/mol. The first-order valence-electron chi connectivity index (χ1n) is 10.2. The molecule has 3 heterocycles. The van der Waals surface area contributed by atoms with Gasteiger partial charge in [0, 0.05) is 26.3 Å². The Morgan fingerprint density at radius 1 is 1.45 bits per heavy atom. The van der Waals surface area contributed by atoms with Crippen molar-refractivity contribution >= 4 is 29.4 Å². The van der Waals surface area contributed by atoms with Gasteiger partial charge in [-0.05, 0) is 44.4 Å². The summed E-state index contributed by atoms with van der Waals surface area (Å²) in [7, 11) is 1.41. The number of amides is 1. The van der Waals surface area contributed by atoms with Crippen LogP contribution in [0.25, 0.3) is 11.7 Å². The predicted molar refractivity (Wildman–Crippen MR) is 115 cm³/mol. The average Bonchev–Trinajstić information content (AvgIpc) is 2.78. The van der Waals surface area contributed by atoms with Crippen LogP contribution < -0.4 is 15.8 Å². The van der Waals surface area contributed by atoms with Crippen LogP contribution in [0, 0.1) is 24.2 Å². The Hall–Kier alpha value is -3.67. The van der Waals surface area contributed by atoms with Crippen molar-refractivity contribution in [1.29, 1.82) is 5.26 Å². The first kappa shape index (κ1) is 22.0. The number of nitrogens with one attached hydrogen (secondary N) is 1. The molecule has 2 aromatic rings. The number of nitriles is 1. The molecule has 1 saturated heterocycles. The number of aryl methyl sites for hydroxylation is 1. The fourth-order valence-corrected chi connectivity index (χ4v) is 3.72. The molecular weight excluding hydrogens is 398 g/mol. The zero-order valence-corrected chi connectivity index (χ0v) is 17.8. The second-order valence-corrected chi connectivity index (χ2v) is 7.33. The van der Waals surface area contributed by atoms with Crippen molar-refractivity contribution in [3.63, 3.8) is 0 Å². The summed E-state index contributed by atoms with van der Waals surface area (Å²) in [5.74, 6) is -0.853. The van der Waals surface area contributed by atoms with Gasteiger partial charge in [-0.25, -0.2) is 4.98 Å². The van der Waals surface area contributed by atoms with Crippen LogP contribution in [0.5, 0.6) is 0 Å². The number of carbonyl (C=O) groups is 2. The van der Waals surface area contributed by atoms with E-state index >= 15 is 0 Å². The highest BCUT2D eigenvalue weighted by atomic mass is 16.5. The van der Waals surface area contributed by atoms with Gasteiger partial charge in [0.2, 0.25) is 0 Å². The van der Waals surface area contributed by atoms with Crippen LogP contribution in [-0.2, 0) is 14.3 Å². The van der Waals surface area contributed by atoms with E-state index in [1.165, 1.54) is 17.5 Å². The molecule has 0 spiro atoms. The van der Waals surface area contributed by atoms with Gasteiger partial charge in [-0.15, -0.1) is 0 Å². The van der Waals surface area contributed by atoms with Crippen LogP contribution in [0.2, 0.25) is 0 Å². The van der Waals surface area contributed by atoms with Gasteiger partial charge in [0.15, 0.2) is 0 Å². The molecule has 1 fully saturated rings. The van der Waals surface area contributed by atoms with Crippen LogP contribution in [0.15, 0.2) is 28.7 Å². The zero-order chi connectivity index (χ0) is 22.5. The van der Waals surface area contributed by atoms with E-state index in [9.17, 15) is 19.6 Å². The minimum atomic E-state index is -0.592. The molecule has 9 heteroatoms. The van der Waals surface area contributed by atoms with Gasteiger partial charge in [-0.2, -0.15) is 5.26 Å². The van der Waals surface area contributed by atoms with E-state index in [1.54, 1.807) is 19.2 Å². The molecule has 1 aliphatic rings. The van der Waals surface area contributed by atoms with Crippen LogP contribution in [0.4, 0.5) is 5.82 Å². The molecular formula is C22H25N5O4. The summed E-state index contributed by atoms with van der Waals surface area (Å²) >= 11 is 0. The number of likely N-dealkylation sites (N-methyl/N-ethyl adjacent to an activating group) is 1. The largest absolute Gasteiger partial charge is 0.466 e. The van der Waals surface area contributed by atoms with E-state index in [4.69, 9.17) is 9.72 Å². The molecule has 9 nitrogen and oxygen atoms in total. The van der Waals surface area contributed by atoms with Crippen molar-refractivity contribution in [3.8, 4) is 6.07 Å².